The quantitative estimate of drug-likeness (QED) is 0.819. The van der Waals surface area contributed by atoms with Gasteiger partial charge in [-0.1, -0.05) is 28.9 Å². The van der Waals surface area contributed by atoms with Crippen LogP contribution in [0.2, 0.25) is 5.02 Å². The number of nitrogens with zero attached hydrogens (tertiary/aromatic N) is 2. The van der Waals surface area contributed by atoms with Gasteiger partial charge in [-0.05, 0) is 17.7 Å². The van der Waals surface area contributed by atoms with Gasteiger partial charge in [-0.15, -0.1) is 0 Å². The molecule has 6 nitrogen and oxygen atoms in total. The second-order valence-electron chi connectivity index (χ2n) is 3.98. The fraction of sp³-hybridized carbons (Fsp3) is 0.250. The number of benzene rings is 1. The highest BCUT2D eigenvalue weighted by atomic mass is 35.5. The molecule has 1 aromatic heterocycles. The highest BCUT2D eigenvalue weighted by Gasteiger charge is 2.07. The number of nitrogens with two attached hydrogens (primary N) is 1. The molecular formula is C12H13ClN4O2. The van der Waals surface area contributed by atoms with Gasteiger partial charge in [0.1, 0.15) is 0 Å². The van der Waals surface area contributed by atoms with E-state index in [-0.39, 0.29) is 6.54 Å². The van der Waals surface area contributed by atoms with Gasteiger partial charge >= 0.3 is 0 Å². The molecule has 0 saturated carbocycles. The van der Waals surface area contributed by atoms with Gasteiger partial charge in [-0.2, -0.15) is 4.98 Å². The van der Waals surface area contributed by atoms with Crippen molar-refractivity contribution < 1.29 is 9.32 Å². The van der Waals surface area contributed by atoms with Gasteiger partial charge in [-0.25, -0.2) is 0 Å². The topological polar surface area (TPSA) is 94.0 Å². The highest BCUT2D eigenvalue weighted by Crippen LogP contribution is 2.13. The van der Waals surface area contributed by atoms with Crippen LogP contribution in [0.5, 0.6) is 0 Å². The monoisotopic (exact) mass is 280 g/mol. The first-order chi connectivity index (χ1) is 9.13. The number of aromatic nitrogens is 2. The standard InChI is InChI=1S/C12H13ClN4O2/c13-9-3-1-2-8(4-9)5-11-16-12(19-17-11)7-15-6-10(14)18/h1-4,15H,5-7H2,(H2,14,18). The van der Waals surface area contributed by atoms with Gasteiger partial charge in [-0.3, -0.25) is 10.1 Å². The third-order valence-corrected chi connectivity index (χ3v) is 2.57. The zero-order chi connectivity index (χ0) is 13.7. The Morgan fingerprint density at radius 1 is 1.47 bits per heavy atom. The smallest absolute Gasteiger partial charge is 0.240 e. The molecule has 7 heteroatoms. The van der Waals surface area contributed by atoms with Crippen LogP contribution in [0.25, 0.3) is 0 Å². The van der Waals surface area contributed by atoms with Crippen molar-refractivity contribution in [3.05, 3.63) is 46.6 Å². The zero-order valence-electron chi connectivity index (χ0n) is 10.1. The molecule has 0 unspecified atom stereocenters. The molecule has 0 fully saturated rings. The summed E-state index contributed by atoms with van der Waals surface area (Å²) in [5.74, 6) is 0.551. The Balaban J connectivity index is 1.92. The summed E-state index contributed by atoms with van der Waals surface area (Å²) in [6.07, 6.45) is 0.542. The van der Waals surface area contributed by atoms with Crippen LogP contribution in [0.4, 0.5) is 0 Å². The average molecular weight is 281 g/mol. The van der Waals surface area contributed by atoms with E-state index in [9.17, 15) is 4.79 Å². The van der Waals surface area contributed by atoms with Crippen molar-refractivity contribution in [1.82, 2.24) is 15.5 Å². The van der Waals surface area contributed by atoms with E-state index in [1.807, 2.05) is 18.2 Å². The predicted octanol–water partition coefficient (Wildman–Crippen LogP) is 0.889. The number of primary amides is 1. The number of halogens is 1. The Kier molecular flexibility index (Phi) is 4.48. The molecule has 2 rings (SSSR count). The van der Waals surface area contributed by atoms with Crippen molar-refractivity contribution in [1.29, 1.82) is 0 Å². The lowest BCUT2D eigenvalue weighted by Gasteiger charge is -1.97. The molecule has 0 aliphatic carbocycles. The number of rotatable bonds is 6. The van der Waals surface area contributed by atoms with Crippen molar-refractivity contribution in [2.45, 2.75) is 13.0 Å². The minimum Gasteiger partial charge on any atom is -0.369 e. The Hall–Kier alpha value is -1.92. The number of nitrogens with one attached hydrogen (secondary N) is 1. The molecule has 19 heavy (non-hydrogen) atoms. The minimum absolute atomic E-state index is 0.0754. The lowest BCUT2D eigenvalue weighted by Crippen LogP contribution is -2.28. The molecule has 2 aromatic rings. The summed E-state index contributed by atoms with van der Waals surface area (Å²) < 4.78 is 5.04. The summed E-state index contributed by atoms with van der Waals surface area (Å²) in [5.41, 5.74) is 6.00. The van der Waals surface area contributed by atoms with Crippen LogP contribution in [-0.4, -0.2) is 22.6 Å². The van der Waals surface area contributed by atoms with Crippen LogP contribution >= 0.6 is 11.6 Å². The third kappa shape index (κ3) is 4.35. The number of carbonyl (C=O) groups is 1. The summed E-state index contributed by atoms with van der Waals surface area (Å²) in [5, 5.41) is 7.32. The molecule has 3 N–H and O–H groups in total. The molecule has 0 atom stereocenters. The van der Waals surface area contributed by atoms with Crippen LogP contribution in [0, 0.1) is 0 Å². The SMILES string of the molecule is NC(=O)CNCc1nc(Cc2cccc(Cl)c2)no1. The first-order valence-corrected chi connectivity index (χ1v) is 6.06. The van der Waals surface area contributed by atoms with E-state index in [4.69, 9.17) is 21.9 Å². The summed E-state index contributed by atoms with van der Waals surface area (Å²) in [7, 11) is 0. The van der Waals surface area contributed by atoms with Crippen LogP contribution in [0.1, 0.15) is 17.3 Å². The van der Waals surface area contributed by atoms with Gasteiger partial charge in [0, 0.05) is 11.4 Å². The lowest BCUT2D eigenvalue weighted by molar-refractivity contribution is -0.117. The Labute approximate surface area is 114 Å². The maximum atomic E-state index is 10.5. The van der Waals surface area contributed by atoms with Crippen LogP contribution in [0.15, 0.2) is 28.8 Å². The molecule has 1 aromatic carbocycles. The Morgan fingerprint density at radius 3 is 3.05 bits per heavy atom. The third-order valence-electron chi connectivity index (χ3n) is 2.34. The van der Waals surface area contributed by atoms with Gasteiger partial charge in [0.2, 0.25) is 11.8 Å². The summed E-state index contributed by atoms with van der Waals surface area (Å²) in [6, 6.07) is 7.46. The van der Waals surface area contributed by atoms with E-state index >= 15 is 0 Å². The van der Waals surface area contributed by atoms with E-state index in [1.165, 1.54) is 0 Å². The maximum Gasteiger partial charge on any atom is 0.240 e. The Bertz CT molecular complexity index is 570. The maximum absolute atomic E-state index is 10.5. The van der Waals surface area contributed by atoms with Crippen molar-refractivity contribution >= 4 is 17.5 Å². The molecule has 0 aliphatic heterocycles. The fourth-order valence-electron chi connectivity index (χ4n) is 1.56. The van der Waals surface area contributed by atoms with Gasteiger partial charge in [0.25, 0.3) is 0 Å². The minimum atomic E-state index is -0.432. The molecule has 0 bridgehead atoms. The van der Waals surface area contributed by atoms with E-state index in [0.29, 0.717) is 29.7 Å². The summed E-state index contributed by atoms with van der Waals surface area (Å²) in [6.45, 7) is 0.386. The predicted molar refractivity (Wildman–Crippen MR) is 69.5 cm³/mol. The van der Waals surface area contributed by atoms with Gasteiger partial charge in [0.05, 0.1) is 13.1 Å². The first kappa shape index (κ1) is 13.5. The van der Waals surface area contributed by atoms with E-state index in [0.717, 1.165) is 5.56 Å². The molecule has 1 amide bonds. The van der Waals surface area contributed by atoms with Gasteiger partial charge < -0.3 is 10.3 Å². The number of carbonyl (C=O) groups excluding carboxylic acids is 1. The van der Waals surface area contributed by atoms with Gasteiger partial charge in [0.15, 0.2) is 5.82 Å². The van der Waals surface area contributed by atoms with Crippen LogP contribution in [-0.2, 0) is 17.8 Å². The fourth-order valence-corrected chi connectivity index (χ4v) is 1.77. The lowest BCUT2D eigenvalue weighted by atomic mass is 10.1. The molecule has 100 valence electrons. The number of amides is 1. The van der Waals surface area contributed by atoms with E-state index in [2.05, 4.69) is 15.5 Å². The number of hydrogen-bond acceptors (Lipinski definition) is 5. The number of hydrogen-bond donors (Lipinski definition) is 2. The van der Waals surface area contributed by atoms with Crippen molar-refractivity contribution in [2.24, 2.45) is 5.73 Å². The second-order valence-corrected chi connectivity index (χ2v) is 4.42. The van der Waals surface area contributed by atoms with Crippen LogP contribution in [0.3, 0.4) is 0 Å². The molecular weight excluding hydrogens is 268 g/mol. The van der Waals surface area contributed by atoms with E-state index < -0.39 is 5.91 Å². The normalized spacial score (nSPS) is 10.6. The van der Waals surface area contributed by atoms with Crippen molar-refractivity contribution in [3.63, 3.8) is 0 Å². The summed E-state index contributed by atoms with van der Waals surface area (Å²) in [4.78, 5) is 14.7. The Morgan fingerprint density at radius 2 is 2.32 bits per heavy atom. The molecule has 0 aliphatic rings. The zero-order valence-corrected chi connectivity index (χ0v) is 10.9. The molecule has 1 heterocycles. The van der Waals surface area contributed by atoms with Crippen molar-refractivity contribution in [3.8, 4) is 0 Å². The van der Waals surface area contributed by atoms with Crippen molar-refractivity contribution in [2.75, 3.05) is 6.54 Å². The largest absolute Gasteiger partial charge is 0.369 e. The highest BCUT2D eigenvalue weighted by molar-refractivity contribution is 6.30. The molecule has 0 saturated heterocycles. The summed E-state index contributed by atoms with van der Waals surface area (Å²) >= 11 is 5.90. The van der Waals surface area contributed by atoms with Crippen LogP contribution < -0.4 is 11.1 Å². The first-order valence-electron chi connectivity index (χ1n) is 5.68. The average Bonchev–Trinajstić information content (AvgIpc) is 2.76. The second kappa shape index (κ2) is 6.31. The molecule has 0 spiro atoms. The van der Waals surface area contributed by atoms with E-state index in [1.54, 1.807) is 6.07 Å². The molecule has 0 radical (unpaired) electrons.